The van der Waals surface area contributed by atoms with Crippen molar-refractivity contribution in [3.8, 4) is 0 Å². The van der Waals surface area contributed by atoms with Gasteiger partial charge in [-0.1, -0.05) is 11.6 Å². The smallest absolute Gasteiger partial charge is 0.169 e. The quantitative estimate of drug-likeness (QED) is 0.482. The molecule has 0 fully saturated rings. The number of methoxy groups -OCH3 is 1. The number of hydrogen-bond acceptors (Lipinski definition) is 5. The highest BCUT2D eigenvalue weighted by Gasteiger charge is 2.13. The molecular formula is C13H21ClFN3O2. The van der Waals surface area contributed by atoms with Gasteiger partial charge in [0.25, 0.3) is 0 Å². The summed E-state index contributed by atoms with van der Waals surface area (Å²) in [7, 11) is 1.63. The monoisotopic (exact) mass is 305 g/mol. The van der Waals surface area contributed by atoms with Gasteiger partial charge in [0.05, 0.1) is 30.3 Å². The lowest BCUT2D eigenvalue weighted by Crippen LogP contribution is -2.09. The summed E-state index contributed by atoms with van der Waals surface area (Å²) in [5.41, 5.74) is 11.8. The van der Waals surface area contributed by atoms with Gasteiger partial charge in [-0.3, -0.25) is 0 Å². The molecule has 0 saturated carbocycles. The van der Waals surface area contributed by atoms with Crippen molar-refractivity contribution in [2.75, 3.05) is 50.3 Å². The third-order valence-corrected chi connectivity index (χ3v) is 3.10. The summed E-state index contributed by atoms with van der Waals surface area (Å²) in [6.07, 6.45) is 1.69. The van der Waals surface area contributed by atoms with E-state index in [4.69, 9.17) is 32.5 Å². The number of halogens is 2. The Bertz CT molecular complexity index is 433. The molecule has 1 rings (SSSR count). The lowest BCUT2D eigenvalue weighted by Gasteiger charge is -2.12. The van der Waals surface area contributed by atoms with E-state index in [-0.39, 0.29) is 22.1 Å². The molecule has 0 aromatic heterocycles. The van der Waals surface area contributed by atoms with Gasteiger partial charge in [0.2, 0.25) is 0 Å². The first-order valence-electron chi connectivity index (χ1n) is 6.41. The number of benzene rings is 1. The lowest BCUT2D eigenvalue weighted by atomic mass is 10.2. The molecule has 0 unspecified atom stereocenters. The Morgan fingerprint density at radius 2 is 1.95 bits per heavy atom. The van der Waals surface area contributed by atoms with Crippen molar-refractivity contribution in [3.63, 3.8) is 0 Å². The van der Waals surface area contributed by atoms with Crippen LogP contribution in [0, 0.1) is 5.82 Å². The number of nitrogen functional groups attached to an aromatic ring is 2. The molecule has 1 aromatic carbocycles. The van der Waals surface area contributed by atoms with Crippen molar-refractivity contribution in [3.05, 3.63) is 16.9 Å². The normalized spacial score (nSPS) is 10.8. The van der Waals surface area contributed by atoms with Gasteiger partial charge in [-0.2, -0.15) is 0 Å². The van der Waals surface area contributed by atoms with Gasteiger partial charge in [-0.15, -0.1) is 0 Å². The fourth-order valence-corrected chi connectivity index (χ4v) is 1.78. The molecule has 7 heteroatoms. The van der Waals surface area contributed by atoms with E-state index in [1.807, 2.05) is 0 Å². The van der Waals surface area contributed by atoms with Crippen molar-refractivity contribution in [1.82, 2.24) is 0 Å². The Kier molecular flexibility index (Phi) is 7.43. The Morgan fingerprint density at radius 3 is 2.65 bits per heavy atom. The molecule has 0 aliphatic carbocycles. The fourth-order valence-electron chi connectivity index (χ4n) is 1.63. The average molecular weight is 306 g/mol. The maximum atomic E-state index is 13.8. The molecule has 0 radical (unpaired) electrons. The maximum absolute atomic E-state index is 13.8. The summed E-state index contributed by atoms with van der Waals surface area (Å²) in [6, 6.07) is 1.45. The Balaban J connectivity index is 2.31. The highest BCUT2D eigenvalue weighted by Crippen LogP contribution is 2.33. The van der Waals surface area contributed by atoms with Gasteiger partial charge in [-0.25, -0.2) is 4.39 Å². The molecule has 0 bridgehead atoms. The van der Waals surface area contributed by atoms with E-state index in [0.717, 1.165) is 12.8 Å². The van der Waals surface area contributed by atoms with Crippen LogP contribution in [-0.4, -0.2) is 33.5 Å². The standard InChI is InChI=1S/C13H21ClFN3O2/c1-19-6-7-20-5-3-2-4-18-13-10(17)8-9(16)11(14)12(13)15/h8,18H,2-7,16-17H2,1H3. The molecule has 5 nitrogen and oxygen atoms in total. The minimum atomic E-state index is -0.611. The summed E-state index contributed by atoms with van der Waals surface area (Å²) in [6.45, 7) is 2.39. The van der Waals surface area contributed by atoms with Crippen LogP contribution in [-0.2, 0) is 9.47 Å². The average Bonchev–Trinajstić information content (AvgIpc) is 2.42. The number of nitrogens with one attached hydrogen (secondary N) is 1. The van der Waals surface area contributed by atoms with Crippen LogP contribution in [0.1, 0.15) is 12.8 Å². The maximum Gasteiger partial charge on any atom is 0.169 e. The molecular weight excluding hydrogens is 285 g/mol. The molecule has 0 amide bonds. The Hall–Kier alpha value is -1.24. The van der Waals surface area contributed by atoms with E-state index >= 15 is 0 Å². The minimum absolute atomic E-state index is 0.107. The zero-order valence-electron chi connectivity index (χ0n) is 11.5. The van der Waals surface area contributed by atoms with E-state index in [2.05, 4.69) is 5.32 Å². The van der Waals surface area contributed by atoms with Crippen LogP contribution in [0.2, 0.25) is 5.02 Å². The van der Waals surface area contributed by atoms with Crippen molar-refractivity contribution in [2.45, 2.75) is 12.8 Å². The van der Waals surface area contributed by atoms with Gasteiger partial charge in [0, 0.05) is 20.3 Å². The number of hydrogen-bond donors (Lipinski definition) is 3. The fraction of sp³-hybridized carbons (Fsp3) is 0.538. The summed E-state index contributed by atoms with van der Waals surface area (Å²) < 4.78 is 24.0. The largest absolute Gasteiger partial charge is 0.397 e. The topological polar surface area (TPSA) is 82.5 Å². The highest BCUT2D eigenvalue weighted by atomic mass is 35.5. The number of anilines is 3. The Morgan fingerprint density at radius 1 is 1.20 bits per heavy atom. The van der Waals surface area contributed by atoms with Crippen molar-refractivity contribution < 1.29 is 13.9 Å². The second kappa shape index (κ2) is 8.84. The molecule has 0 spiro atoms. The molecule has 0 saturated heterocycles. The van der Waals surface area contributed by atoms with Crippen LogP contribution in [0.5, 0.6) is 0 Å². The van der Waals surface area contributed by atoms with Crippen LogP contribution in [0.4, 0.5) is 21.5 Å². The highest BCUT2D eigenvalue weighted by molar-refractivity contribution is 6.33. The second-order valence-corrected chi connectivity index (χ2v) is 4.68. The molecule has 114 valence electrons. The first-order chi connectivity index (χ1) is 9.57. The molecule has 5 N–H and O–H groups in total. The zero-order chi connectivity index (χ0) is 15.0. The number of ether oxygens (including phenoxy) is 2. The van der Waals surface area contributed by atoms with Gasteiger partial charge in [0.15, 0.2) is 5.82 Å². The molecule has 0 atom stereocenters. The lowest BCUT2D eigenvalue weighted by molar-refractivity contribution is 0.0691. The van der Waals surface area contributed by atoms with Gasteiger partial charge in [0.1, 0.15) is 5.02 Å². The first kappa shape index (κ1) is 16.8. The van der Waals surface area contributed by atoms with E-state index < -0.39 is 5.82 Å². The van der Waals surface area contributed by atoms with Crippen LogP contribution < -0.4 is 16.8 Å². The summed E-state index contributed by atoms with van der Waals surface area (Å²) >= 11 is 5.74. The van der Waals surface area contributed by atoms with Crippen LogP contribution in [0.3, 0.4) is 0 Å². The van der Waals surface area contributed by atoms with E-state index in [0.29, 0.717) is 26.4 Å². The molecule has 0 aliphatic rings. The molecule has 20 heavy (non-hydrogen) atoms. The van der Waals surface area contributed by atoms with E-state index in [9.17, 15) is 4.39 Å². The van der Waals surface area contributed by atoms with Crippen molar-refractivity contribution in [2.24, 2.45) is 0 Å². The molecule has 0 heterocycles. The van der Waals surface area contributed by atoms with Crippen LogP contribution in [0.15, 0.2) is 6.07 Å². The van der Waals surface area contributed by atoms with Gasteiger partial charge >= 0.3 is 0 Å². The summed E-state index contributed by atoms with van der Waals surface area (Å²) in [4.78, 5) is 0. The minimum Gasteiger partial charge on any atom is -0.397 e. The van der Waals surface area contributed by atoms with Gasteiger partial charge in [-0.05, 0) is 18.9 Å². The third-order valence-electron chi connectivity index (χ3n) is 2.71. The third kappa shape index (κ3) is 5.03. The summed E-state index contributed by atoms with van der Waals surface area (Å²) in [5.74, 6) is -0.611. The van der Waals surface area contributed by atoms with Crippen LogP contribution >= 0.6 is 11.6 Å². The number of rotatable bonds is 9. The SMILES string of the molecule is COCCOCCCCNc1c(N)cc(N)c(Cl)c1F. The zero-order valence-corrected chi connectivity index (χ0v) is 12.3. The second-order valence-electron chi connectivity index (χ2n) is 4.30. The van der Waals surface area contributed by atoms with Gasteiger partial charge < -0.3 is 26.3 Å². The summed E-state index contributed by atoms with van der Waals surface area (Å²) in [5, 5.41) is 2.82. The van der Waals surface area contributed by atoms with E-state index in [1.165, 1.54) is 6.07 Å². The Labute approximate surface area is 123 Å². The predicted octanol–water partition coefficient (Wildman–Crippen LogP) is 2.50. The molecule has 0 aliphatic heterocycles. The predicted molar refractivity (Wildman–Crippen MR) is 80.7 cm³/mol. The van der Waals surface area contributed by atoms with Crippen molar-refractivity contribution >= 4 is 28.7 Å². The first-order valence-corrected chi connectivity index (χ1v) is 6.79. The molecule has 1 aromatic rings. The number of nitrogens with two attached hydrogens (primary N) is 2. The number of unbranched alkanes of at least 4 members (excludes halogenated alkanes) is 1. The van der Waals surface area contributed by atoms with Crippen molar-refractivity contribution in [1.29, 1.82) is 0 Å². The van der Waals surface area contributed by atoms with E-state index in [1.54, 1.807) is 7.11 Å². The van der Waals surface area contributed by atoms with Crippen LogP contribution in [0.25, 0.3) is 0 Å².